The smallest absolute Gasteiger partial charge is 0.124 e. The average molecular weight is 220 g/mol. The van der Waals surface area contributed by atoms with Gasteiger partial charge in [0.05, 0.1) is 7.11 Å². The van der Waals surface area contributed by atoms with Gasteiger partial charge in [0.1, 0.15) is 12.0 Å². The number of aldehydes is 1. The maximum absolute atomic E-state index is 10.3. The number of aryl methyl sites for hydroxylation is 2. The average Bonchev–Trinajstić information content (AvgIpc) is 2.26. The lowest BCUT2D eigenvalue weighted by atomic mass is 9.95. The number of hydrogen-bond donors (Lipinski definition) is 0. The Hall–Kier alpha value is -1.31. The Kier molecular flexibility index (Phi) is 4.53. The van der Waals surface area contributed by atoms with Crippen LogP contribution in [-0.4, -0.2) is 13.4 Å². The second-order valence-corrected chi connectivity index (χ2v) is 4.19. The number of benzene rings is 1. The zero-order chi connectivity index (χ0) is 12.1. The van der Waals surface area contributed by atoms with Crippen molar-refractivity contribution in [3.8, 4) is 5.75 Å². The summed E-state index contributed by atoms with van der Waals surface area (Å²) in [4.78, 5) is 10.3. The van der Waals surface area contributed by atoms with Crippen LogP contribution in [-0.2, 0) is 11.2 Å². The van der Waals surface area contributed by atoms with Crippen molar-refractivity contribution >= 4 is 6.29 Å². The van der Waals surface area contributed by atoms with E-state index in [-0.39, 0.29) is 0 Å². The molecule has 0 radical (unpaired) electrons. The van der Waals surface area contributed by atoms with Gasteiger partial charge in [0.25, 0.3) is 0 Å². The first kappa shape index (κ1) is 12.8. The fourth-order valence-electron chi connectivity index (χ4n) is 2.09. The Labute approximate surface area is 97.6 Å². The summed E-state index contributed by atoms with van der Waals surface area (Å²) in [7, 11) is 1.71. The summed E-state index contributed by atoms with van der Waals surface area (Å²) >= 11 is 0. The van der Waals surface area contributed by atoms with Gasteiger partial charge in [0.15, 0.2) is 0 Å². The second-order valence-electron chi connectivity index (χ2n) is 4.19. The van der Waals surface area contributed by atoms with Gasteiger partial charge in [-0.1, -0.05) is 6.07 Å². The highest BCUT2D eigenvalue weighted by Gasteiger charge is 2.09. The lowest BCUT2D eigenvalue weighted by Gasteiger charge is -2.15. The van der Waals surface area contributed by atoms with Crippen LogP contribution in [0, 0.1) is 20.8 Å². The van der Waals surface area contributed by atoms with E-state index in [4.69, 9.17) is 4.74 Å². The highest BCUT2D eigenvalue weighted by atomic mass is 16.5. The molecular weight excluding hydrogens is 200 g/mol. The van der Waals surface area contributed by atoms with Gasteiger partial charge in [-0.2, -0.15) is 0 Å². The maximum atomic E-state index is 10.3. The maximum Gasteiger partial charge on any atom is 0.124 e. The molecule has 0 amide bonds. The van der Waals surface area contributed by atoms with Crippen LogP contribution in [0.2, 0.25) is 0 Å². The molecule has 2 nitrogen and oxygen atoms in total. The van der Waals surface area contributed by atoms with Gasteiger partial charge in [-0.15, -0.1) is 0 Å². The molecule has 0 saturated carbocycles. The highest BCUT2D eigenvalue weighted by molar-refractivity contribution is 5.50. The molecule has 0 atom stereocenters. The molecule has 0 aromatic heterocycles. The summed E-state index contributed by atoms with van der Waals surface area (Å²) in [6, 6.07) is 2.17. The SMILES string of the molecule is COc1c(C)cc(CCCC=O)c(C)c1C. The van der Waals surface area contributed by atoms with Crippen LogP contribution in [0.4, 0.5) is 0 Å². The minimum atomic E-state index is 0.642. The molecule has 0 fully saturated rings. The Morgan fingerprint density at radius 2 is 1.94 bits per heavy atom. The summed E-state index contributed by atoms with van der Waals surface area (Å²) in [6.07, 6.45) is 3.52. The van der Waals surface area contributed by atoms with Crippen molar-refractivity contribution in [3.05, 3.63) is 28.3 Å². The van der Waals surface area contributed by atoms with Crippen LogP contribution in [0.5, 0.6) is 5.75 Å². The van der Waals surface area contributed by atoms with Crippen LogP contribution in [0.15, 0.2) is 6.07 Å². The number of carbonyl (C=O) groups is 1. The third-order valence-corrected chi connectivity index (χ3v) is 3.11. The monoisotopic (exact) mass is 220 g/mol. The highest BCUT2D eigenvalue weighted by Crippen LogP contribution is 2.29. The molecule has 0 aliphatic heterocycles. The third kappa shape index (κ3) is 2.63. The van der Waals surface area contributed by atoms with Crippen LogP contribution < -0.4 is 4.74 Å². The van der Waals surface area contributed by atoms with Gasteiger partial charge >= 0.3 is 0 Å². The molecule has 1 rings (SSSR count). The Bertz CT molecular complexity index is 381. The molecule has 1 aromatic rings. The second kappa shape index (κ2) is 5.69. The fraction of sp³-hybridized carbons (Fsp3) is 0.500. The van der Waals surface area contributed by atoms with Crippen LogP contribution in [0.3, 0.4) is 0 Å². The fourth-order valence-corrected chi connectivity index (χ4v) is 2.09. The number of rotatable bonds is 5. The van der Waals surface area contributed by atoms with Crippen molar-refractivity contribution in [2.24, 2.45) is 0 Å². The molecule has 0 aliphatic rings. The summed E-state index contributed by atoms with van der Waals surface area (Å²) in [5, 5.41) is 0. The molecule has 88 valence electrons. The van der Waals surface area contributed by atoms with E-state index >= 15 is 0 Å². The van der Waals surface area contributed by atoms with E-state index in [1.54, 1.807) is 7.11 Å². The Morgan fingerprint density at radius 3 is 2.50 bits per heavy atom. The molecule has 0 aliphatic carbocycles. The summed E-state index contributed by atoms with van der Waals surface area (Å²) in [5.41, 5.74) is 5.00. The largest absolute Gasteiger partial charge is 0.496 e. The van der Waals surface area contributed by atoms with Gasteiger partial charge in [0, 0.05) is 6.42 Å². The first-order valence-corrected chi connectivity index (χ1v) is 5.69. The molecule has 0 unspecified atom stereocenters. The zero-order valence-electron chi connectivity index (χ0n) is 10.6. The van der Waals surface area contributed by atoms with E-state index in [1.165, 1.54) is 22.3 Å². The molecule has 0 heterocycles. The first-order chi connectivity index (χ1) is 7.61. The molecule has 0 spiro atoms. The predicted molar refractivity (Wildman–Crippen MR) is 66.2 cm³/mol. The summed E-state index contributed by atoms with van der Waals surface area (Å²) in [5.74, 6) is 0.983. The van der Waals surface area contributed by atoms with Crippen molar-refractivity contribution in [1.29, 1.82) is 0 Å². The van der Waals surface area contributed by atoms with Crippen LogP contribution in [0.25, 0.3) is 0 Å². The predicted octanol–water partition coefficient (Wildman–Crippen LogP) is 3.14. The number of hydrogen-bond acceptors (Lipinski definition) is 2. The summed E-state index contributed by atoms with van der Waals surface area (Å²) < 4.78 is 5.38. The topological polar surface area (TPSA) is 26.3 Å². The van der Waals surface area contributed by atoms with Gasteiger partial charge in [-0.3, -0.25) is 0 Å². The molecule has 2 heteroatoms. The van der Waals surface area contributed by atoms with Crippen molar-refractivity contribution in [3.63, 3.8) is 0 Å². The molecule has 16 heavy (non-hydrogen) atoms. The number of carbonyl (C=O) groups excluding carboxylic acids is 1. The van der Waals surface area contributed by atoms with Crippen molar-refractivity contribution in [2.45, 2.75) is 40.0 Å². The molecule has 0 saturated heterocycles. The van der Waals surface area contributed by atoms with Crippen LogP contribution >= 0.6 is 0 Å². The quantitative estimate of drug-likeness (QED) is 0.563. The standard InChI is InChI=1S/C14H20O2/c1-10-9-13(7-5-6-8-15)11(2)12(3)14(10)16-4/h8-9H,5-7H2,1-4H3. The first-order valence-electron chi connectivity index (χ1n) is 5.69. The van der Waals surface area contributed by atoms with E-state index in [1.807, 2.05) is 0 Å². The normalized spacial score (nSPS) is 10.2. The van der Waals surface area contributed by atoms with Gasteiger partial charge in [-0.25, -0.2) is 0 Å². The zero-order valence-corrected chi connectivity index (χ0v) is 10.6. The molecule has 0 bridgehead atoms. The number of methoxy groups -OCH3 is 1. The van der Waals surface area contributed by atoms with Crippen molar-refractivity contribution in [1.82, 2.24) is 0 Å². The number of ether oxygens (including phenoxy) is 1. The van der Waals surface area contributed by atoms with Crippen molar-refractivity contribution < 1.29 is 9.53 Å². The van der Waals surface area contributed by atoms with E-state index in [0.29, 0.717) is 6.42 Å². The van der Waals surface area contributed by atoms with Gasteiger partial charge < -0.3 is 9.53 Å². The van der Waals surface area contributed by atoms with E-state index < -0.39 is 0 Å². The van der Waals surface area contributed by atoms with E-state index in [9.17, 15) is 4.79 Å². The minimum absolute atomic E-state index is 0.642. The molecule has 1 aromatic carbocycles. The van der Waals surface area contributed by atoms with E-state index in [2.05, 4.69) is 26.8 Å². The van der Waals surface area contributed by atoms with Crippen molar-refractivity contribution in [2.75, 3.05) is 7.11 Å². The van der Waals surface area contributed by atoms with Gasteiger partial charge in [0.2, 0.25) is 0 Å². The lowest BCUT2D eigenvalue weighted by molar-refractivity contribution is -0.107. The van der Waals surface area contributed by atoms with Gasteiger partial charge in [-0.05, 0) is 55.9 Å². The Morgan fingerprint density at radius 1 is 1.25 bits per heavy atom. The summed E-state index contributed by atoms with van der Waals surface area (Å²) in [6.45, 7) is 6.27. The minimum Gasteiger partial charge on any atom is -0.496 e. The third-order valence-electron chi connectivity index (χ3n) is 3.11. The Balaban J connectivity index is 2.98. The lowest BCUT2D eigenvalue weighted by Crippen LogP contribution is -1.99. The van der Waals surface area contributed by atoms with Crippen LogP contribution in [0.1, 0.15) is 35.1 Å². The van der Waals surface area contributed by atoms with E-state index in [0.717, 1.165) is 24.9 Å². The molecule has 0 N–H and O–H groups in total. The number of unbranched alkanes of at least 4 members (excludes halogenated alkanes) is 1. The molecular formula is C14H20O2.